The van der Waals surface area contributed by atoms with Gasteiger partial charge < -0.3 is 25.0 Å². The number of ether oxygens (including phenoxy) is 1. The van der Waals surface area contributed by atoms with Crippen LogP contribution in [0.15, 0.2) is 26.9 Å². The van der Waals surface area contributed by atoms with Gasteiger partial charge in [-0.05, 0) is 12.3 Å². The van der Waals surface area contributed by atoms with Gasteiger partial charge in [-0.15, -0.1) is 11.8 Å². The summed E-state index contributed by atoms with van der Waals surface area (Å²) in [5.74, 6) is -6.09. The average Bonchev–Trinajstić information content (AvgIpc) is 3.14. The summed E-state index contributed by atoms with van der Waals surface area (Å²) in [5.41, 5.74) is -0.579. The standard InChI is InChI=1S/C21H23N3O10S2.Na/c1-3-10-11-4-12(16(21(31)32)23(11)17(10)27)35-6-13(26)22-14-18(28)24-15(20(29)30)9(5-34-8(2)25)7-36(33)19(14)24;/h10-11,14,19H,3-7H2,1-2H3,(H,22,26)(H,29,30)(H,31,32);/q;+1/p-1/t10-,11-,14-,19-,36?;/m1./s1. The molecule has 37 heavy (non-hydrogen) atoms. The van der Waals surface area contributed by atoms with E-state index >= 15 is 0 Å². The number of esters is 1. The van der Waals surface area contributed by atoms with Gasteiger partial charge in [0.2, 0.25) is 5.91 Å². The topological polar surface area (TPSA) is 194 Å². The zero-order valence-electron chi connectivity index (χ0n) is 20.2. The minimum Gasteiger partial charge on any atom is -0.861 e. The minimum absolute atomic E-state index is 0. The van der Waals surface area contributed by atoms with Crippen molar-refractivity contribution < 1.29 is 77.8 Å². The fourth-order valence-electron chi connectivity index (χ4n) is 4.79. The van der Waals surface area contributed by atoms with Gasteiger partial charge in [-0.3, -0.25) is 28.5 Å². The maximum absolute atomic E-state index is 12.7. The Labute approximate surface area is 239 Å². The van der Waals surface area contributed by atoms with Crippen molar-refractivity contribution in [2.24, 2.45) is 10.9 Å². The van der Waals surface area contributed by atoms with Crippen LogP contribution in [-0.2, 0) is 39.5 Å². The second-order valence-electron chi connectivity index (χ2n) is 8.49. The Bertz CT molecular complexity index is 1200. The number of carbonyl (C=O) groups is 5. The molecule has 0 aromatic carbocycles. The molecule has 1 unspecified atom stereocenters. The Morgan fingerprint density at radius 3 is 2.38 bits per heavy atom. The minimum atomic E-state index is -1.80. The average molecular weight is 564 g/mol. The summed E-state index contributed by atoms with van der Waals surface area (Å²) in [6, 6.07) is -1.59. The predicted octanol–water partition coefficient (Wildman–Crippen LogP) is -4.38. The molecule has 2 saturated heterocycles. The first-order valence-corrected chi connectivity index (χ1v) is 13.3. The fourth-order valence-corrected chi connectivity index (χ4v) is 7.41. The Morgan fingerprint density at radius 2 is 1.81 bits per heavy atom. The van der Waals surface area contributed by atoms with Crippen LogP contribution in [0.3, 0.4) is 0 Å². The molecule has 194 valence electrons. The number of carboxylic acid groups (broad SMARTS) is 2. The van der Waals surface area contributed by atoms with Crippen molar-refractivity contribution in [3.05, 3.63) is 21.9 Å². The van der Waals surface area contributed by atoms with Gasteiger partial charge in [0.25, 0.3) is 5.91 Å². The molecule has 0 aromatic rings. The SMILES string of the molecule is CC[C@H]1C(=O)N2C(C(=O)O)=C(SCC([O-])=N[C@@H]3C(=O)N4C(C(=O)O)=C(COC(C)=O)CS(=O)[C@H]34)C[C@H]12.[Na+]. The molecule has 2 N–H and O–H groups in total. The quantitative estimate of drug-likeness (QED) is 0.0905. The van der Waals surface area contributed by atoms with E-state index in [1.165, 1.54) is 4.90 Å². The normalized spacial score (nSPS) is 28.7. The number of β-lactam (4-membered cyclic amide) rings is 2. The van der Waals surface area contributed by atoms with Gasteiger partial charge in [-0.1, -0.05) is 6.92 Å². The van der Waals surface area contributed by atoms with E-state index in [1.54, 1.807) is 0 Å². The van der Waals surface area contributed by atoms with Crippen LogP contribution in [0.5, 0.6) is 0 Å². The second-order valence-corrected chi connectivity index (χ2v) is 11.1. The molecule has 0 radical (unpaired) electrons. The zero-order chi connectivity index (χ0) is 26.5. The number of aliphatic carboxylic acids is 2. The van der Waals surface area contributed by atoms with E-state index in [9.17, 15) is 43.5 Å². The van der Waals surface area contributed by atoms with E-state index in [4.69, 9.17) is 4.74 Å². The Hall–Kier alpha value is -2.20. The molecule has 13 nitrogen and oxygen atoms in total. The molecule has 2 amide bonds. The number of carboxylic acids is 2. The number of amides is 2. The third kappa shape index (κ3) is 5.11. The number of hydrogen-bond acceptors (Lipinski definition) is 10. The number of rotatable bonds is 9. The van der Waals surface area contributed by atoms with Crippen molar-refractivity contribution in [2.45, 2.75) is 44.1 Å². The molecule has 0 aliphatic carbocycles. The number of carbonyl (C=O) groups excluding carboxylic acids is 3. The molecule has 0 aromatic heterocycles. The third-order valence-electron chi connectivity index (χ3n) is 6.37. The molecule has 4 heterocycles. The van der Waals surface area contributed by atoms with Crippen LogP contribution < -0.4 is 34.7 Å². The van der Waals surface area contributed by atoms with Gasteiger partial charge >= 0.3 is 47.5 Å². The Kier molecular flexibility index (Phi) is 8.94. The number of nitrogens with zero attached hydrogens (tertiary/aromatic N) is 3. The van der Waals surface area contributed by atoms with Crippen molar-refractivity contribution >= 4 is 58.2 Å². The van der Waals surface area contributed by atoms with Crippen molar-refractivity contribution in [2.75, 3.05) is 18.1 Å². The van der Waals surface area contributed by atoms with E-state index in [0.717, 1.165) is 23.6 Å². The predicted molar refractivity (Wildman–Crippen MR) is 122 cm³/mol. The largest absolute Gasteiger partial charge is 1.00 e. The summed E-state index contributed by atoms with van der Waals surface area (Å²) in [4.78, 5) is 65.7. The number of aliphatic imine (C=N–C) groups is 1. The molecule has 4 rings (SSSR count). The van der Waals surface area contributed by atoms with E-state index in [0.29, 0.717) is 17.7 Å². The second kappa shape index (κ2) is 11.3. The first-order valence-electron chi connectivity index (χ1n) is 10.9. The summed E-state index contributed by atoms with van der Waals surface area (Å²) < 4.78 is 17.5. The summed E-state index contributed by atoms with van der Waals surface area (Å²) in [6.07, 6.45) is 0.887. The van der Waals surface area contributed by atoms with Gasteiger partial charge in [0.1, 0.15) is 23.4 Å². The summed E-state index contributed by atoms with van der Waals surface area (Å²) in [5, 5.41) is 30.5. The molecule has 5 atom stereocenters. The van der Waals surface area contributed by atoms with E-state index in [-0.39, 0.29) is 70.2 Å². The van der Waals surface area contributed by atoms with Crippen LogP contribution >= 0.6 is 11.8 Å². The van der Waals surface area contributed by atoms with Crippen LogP contribution in [0, 0.1) is 5.92 Å². The smallest absolute Gasteiger partial charge is 0.861 e. The molecule has 4 aliphatic heterocycles. The van der Waals surface area contributed by atoms with Gasteiger partial charge in [-0.25, -0.2) is 9.59 Å². The molecule has 0 bridgehead atoms. The van der Waals surface area contributed by atoms with Crippen LogP contribution in [0.1, 0.15) is 26.7 Å². The number of fused-ring (bicyclic) bond motifs is 2. The molecule has 0 saturated carbocycles. The fraction of sp³-hybridized carbons (Fsp3) is 0.524. The molecule has 0 spiro atoms. The van der Waals surface area contributed by atoms with Crippen LogP contribution in [0.2, 0.25) is 0 Å². The zero-order valence-corrected chi connectivity index (χ0v) is 23.8. The van der Waals surface area contributed by atoms with Crippen molar-refractivity contribution in [1.29, 1.82) is 0 Å². The maximum atomic E-state index is 12.7. The van der Waals surface area contributed by atoms with E-state index < -0.39 is 64.2 Å². The molecule has 4 aliphatic rings. The monoisotopic (exact) mass is 563 g/mol. The van der Waals surface area contributed by atoms with Gasteiger partial charge in [0, 0.05) is 29.6 Å². The first-order chi connectivity index (χ1) is 17.0. The summed E-state index contributed by atoms with van der Waals surface area (Å²) in [7, 11) is -1.80. The molecule has 16 heteroatoms. The van der Waals surface area contributed by atoms with Gasteiger partial charge in [-0.2, -0.15) is 0 Å². The van der Waals surface area contributed by atoms with Crippen molar-refractivity contribution in [3.63, 3.8) is 0 Å². The Morgan fingerprint density at radius 1 is 1.16 bits per heavy atom. The van der Waals surface area contributed by atoms with Crippen LogP contribution in [0.4, 0.5) is 0 Å². The van der Waals surface area contributed by atoms with Gasteiger partial charge in [0.05, 0.1) is 28.5 Å². The van der Waals surface area contributed by atoms with Crippen molar-refractivity contribution in [3.8, 4) is 0 Å². The van der Waals surface area contributed by atoms with Gasteiger partial charge in [0.15, 0.2) is 6.04 Å². The molecular weight excluding hydrogens is 541 g/mol. The van der Waals surface area contributed by atoms with Crippen LogP contribution in [0.25, 0.3) is 0 Å². The number of thioether (sulfide) groups is 1. The van der Waals surface area contributed by atoms with E-state index in [2.05, 4.69) is 4.99 Å². The molecule has 2 fully saturated rings. The maximum Gasteiger partial charge on any atom is 1.00 e. The third-order valence-corrected chi connectivity index (χ3v) is 9.11. The summed E-state index contributed by atoms with van der Waals surface area (Å²) in [6.45, 7) is 2.53. The first kappa shape index (κ1) is 29.4. The number of hydrogen-bond donors (Lipinski definition) is 2. The Balaban J connectivity index is 0.00000380. The van der Waals surface area contributed by atoms with E-state index in [1.807, 2.05) is 6.92 Å². The van der Waals surface area contributed by atoms with Crippen LogP contribution in [-0.4, -0.2) is 95.4 Å². The van der Waals surface area contributed by atoms with Crippen molar-refractivity contribution in [1.82, 2.24) is 9.80 Å². The summed E-state index contributed by atoms with van der Waals surface area (Å²) >= 11 is 0.923. The molecular formula is C21H22N3NaO10S2.